The van der Waals surface area contributed by atoms with E-state index < -0.39 is 0 Å². The van der Waals surface area contributed by atoms with Crippen LogP contribution in [0.1, 0.15) is 24.4 Å². The van der Waals surface area contributed by atoms with Crippen molar-refractivity contribution in [3.05, 3.63) is 54.1 Å². The van der Waals surface area contributed by atoms with Crippen LogP contribution in [0.3, 0.4) is 0 Å². The molecule has 2 aromatic carbocycles. The Bertz CT molecular complexity index is 1070. The van der Waals surface area contributed by atoms with Gasteiger partial charge in [-0.25, -0.2) is 4.68 Å². The Labute approximate surface area is 160 Å². The molecule has 140 valence electrons. The number of fused-ring (bicyclic) bond motifs is 1. The molecule has 2 heterocycles. The number of carbonyl (C=O) groups is 1. The molecule has 1 aliphatic heterocycles. The molecule has 1 saturated carbocycles. The lowest BCUT2D eigenvalue weighted by molar-refractivity contribution is -0.111. The van der Waals surface area contributed by atoms with E-state index in [9.17, 15) is 4.79 Å². The molecule has 0 radical (unpaired) electrons. The highest BCUT2D eigenvalue weighted by atomic mass is 16.7. The van der Waals surface area contributed by atoms with Gasteiger partial charge in [0.2, 0.25) is 12.7 Å². The van der Waals surface area contributed by atoms with Crippen LogP contribution >= 0.6 is 0 Å². The van der Waals surface area contributed by atoms with Gasteiger partial charge in [-0.1, -0.05) is 18.2 Å². The molecule has 28 heavy (non-hydrogen) atoms. The number of ether oxygens (including phenoxy) is 2. The quantitative estimate of drug-likeness (QED) is 0.689. The van der Waals surface area contributed by atoms with E-state index in [0.717, 1.165) is 29.8 Å². The average Bonchev–Trinajstić information content (AvgIpc) is 3.25. The first-order valence-electron chi connectivity index (χ1n) is 9.03. The molecule has 0 spiro atoms. The van der Waals surface area contributed by atoms with Crippen LogP contribution in [0.25, 0.3) is 17.5 Å². The molecule has 8 heteroatoms. The maximum Gasteiger partial charge on any atom is 0.248 e. The van der Waals surface area contributed by atoms with E-state index in [1.807, 2.05) is 47.1 Å². The van der Waals surface area contributed by atoms with Crippen molar-refractivity contribution >= 4 is 17.7 Å². The number of hydrogen-bond acceptors (Lipinski definition) is 6. The van der Waals surface area contributed by atoms with Crippen LogP contribution in [0, 0.1) is 0 Å². The van der Waals surface area contributed by atoms with Gasteiger partial charge in [-0.15, -0.1) is 5.10 Å². The summed E-state index contributed by atoms with van der Waals surface area (Å²) in [4.78, 5) is 12.3. The summed E-state index contributed by atoms with van der Waals surface area (Å²) in [5.74, 6) is 1.89. The van der Waals surface area contributed by atoms with E-state index in [0.29, 0.717) is 23.2 Å². The van der Waals surface area contributed by atoms with Gasteiger partial charge in [-0.2, -0.15) is 0 Å². The fraction of sp³-hybridized carbons (Fsp3) is 0.200. The fourth-order valence-electron chi connectivity index (χ4n) is 3.06. The van der Waals surface area contributed by atoms with Crippen LogP contribution in [0.5, 0.6) is 11.5 Å². The summed E-state index contributed by atoms with van der Waals surface area (Å²) in [5, 5.41) is 14.9. The highest BCUT2D eigenvalue weighted by molar-refractivity contribution is 6.02. The van der Waals surface area contributed by atoms with Gasteiger partial charge >= 0.3 is 0 Å². The van der Waals surface area contributed by atoms with E-state index >= 15 is 0 Å². The van der Waals surface area contributed by atoms with Crippen LogP contribution in [0.4, 0.5) is 5.69 Å². The molecule has 1 amide bonds. The lowest BCUT2D eigenvalue weighted by Crippen LogP contribution is -2.08. The topological polar surface area (TPSA) is 91.2 Å². The van der Waals surface area contributed by atoms with Gasteiger partial charge in [-0.05, 0) is 59.2 Å². The zero-order valence-corrected chi connectivity index (χ0v) is 14.9. The minimum absolute atomic E-state index is 0.225. The number of nitrogens with zero attached hydrogens (tertiary/aromatic N) is 4. The normalized spacial score (nSPS) is 15.1. The van der Waals surface area contributed by atoms with Gasteiger partial charge in [0.15, 0.2) is 17.3 Å². The molecule has 0 bridgehead atoms. The van der Waals surface area contributed by atoms with E-state index in [1.165, 1.54) is 6.08 Å². The van der Waals surface area contributed by atoms with Crippen molar-refractivity contribution in [2.24, 2.45) is 0 Å². The van der Waals surface area contributed by atoms with Crippen molar-refractivity contribution in [1.82, 2.24) is 20.2 Å². The lowest BCUT2D eigenvalue weighted by atomic mass is 10.1. The number of rotatable bonds is 5. The third-order valence-electron chi connectivity index (χ3n) is 4.60. The first-order valence-corrected chi connectivity index (χ1v) is 9.03. The number of aromatic nitrogens is 4. The van der Waals surface area contributed by atoms with Gasteiger partial charge in [-0.3, -0.25) is 4.79 Å². The summed E-state index contributed by atoms with van der Waals surface area (Å²) in [6.07, 6.45) is 5.41. The highest BCUT2D eigenvalue weighted by Crippen LogP contribution is 2.37. The molecule has 0 saturated heterocycles. The molecule has 5 rings (SSSR count). The standard InChI is InChI=1S/C20H17N5O3/c26-19(9-5-13-4-8-17-18(10-13)28-12-27-17)21-15-3-1-2-14(11-15)20-22-23-24-25(20)16-6-7-16/h1-5,8-11,16H,6-7,12H2,(H,21,26)/b9-5+. The van der Waals surface area contributed by atoms with Crippen LogP contribution in [0.15, 0.2) is 48.5 Å². The number of nitrogens with one attached hydrogen (secondary N) is 1. The molecular weight excluding hydrogens is 358 g/mol. The number of benzene rings is 2. The number of carbonyl (C=O) groups excluding carboxylic acids is 1. The Hall–Kier alpha value is -3.68. The predicted octanol–water partition coefficient (Wildman–Crippen LogP) is 3.06. The number of anilines is 1. The second kappa shape index (κ2) is 6.80. The Balaban J connectivity index is 1.29. The second-order valence-electron chi connectivity index (χ2n) is 6.69. The van der Waals surface area contributed by atoms with E-state index in [2.05, 4.69) is 20.8 Å². The van der Waals surface area contributed by atoms with Gasteiger partial charge in [0.25, 0.3) is 0 Å². The average molecular weight is 375 g/mol. The van der Waals surface area contributed by atoms with E-state index in [4.69, 9.17) is 9.47 Å². The Morgan fingerprint density at radius 3 is 2.93 bits per heavy atom. The summed E-state index contributed by atoms with van der Waals surface area (Å²) >= 11 is 0. The van der Waals surface area contributed by atoms with Gasteiger partial charge < -0.3 is 14.8 Å². The molecule has 1 aromatic heterocycles. The van der Waals surface area contributed by atoms with E-state index in [-0.39, 0.29) is 12.7 Å². The van der Waals surface area contributed by atoms with Crippen molar-refractivity contribution in [1.29, 1.82) is 0 Å². The maximum atomic E-state index is 12.3. The molecule has 3 aromatic rings. The van der Waals surface area contributed by atoms with Crippen LogP contribution < -0.4 is 14.8 Å². The number of hydrogen-bond donors (Lipinski definition) is 1. The number of tetrazole rings is 1. The SMILES string of the molecule is O=C(/C=C/c1ccc2c(c1)OCO2)Nc1cccc(-c2nnnn2C2CC2)c1. The summed E-state index contributed by atoms with van der Waals surface area (Å²) in [6, 6.07) is 13.4. The Kier molecular flexibility index (Phi) is 4.01. The van der Waals surface area contributed by atoms with Crippen molar-refractivity contribution in [2.75, 3.05) is 12.1 Å². The van der Waals surface area contributed by atoms with Gasteiger partial charge in [0, 0.05) is 17.3 Å². The van der Waals surface area contributed by atoms with Crippen LogP contribution in [-0.2, 0) is 4.79 Å². The van der Waals surface area contributed by atoms with Crippen molar-refractivity contribution in [3.63, 3.8) is 0 Å². The summed E-state index contributed by atoms with van der Waals surface area (Å²) < 4.78 is 12.5. The minimum atomic E-state index is -0.225. The summed E-state index contributed by atoms with van der Waals surface area (Å²) in [6.45, 7) is 0.226. The fourth-order valence-corrected chi connectivity index (χ4v) is 3.06. The van der Waals surface area contributed by atoms with Crippen LogP contribution in [0.2, 0.25) is 0 Å². The predicted molar refractivity (Wildman–Crippen MR) is 102 cm³/mol. The Morgan fingerprint density at radius 1 is 1.14 bits per heavy atom. The molecule has 0 atom stereocenters. The molecule has 0 unspecified atom stereocenters. The molecule has 8 nitrogen and oxygen atoms in total. The first-order chi connectivity index (χ1) is 13.8. The maximum absolute atomic E-state index is 12.3. The molecular formula is C20H17N5O3. The minimum Gasteiger partial charge on any atom is -0.454 e. The molecule has 1 aliphatic carbocycles. The lowest BCUT2D eigenvalue weighted by Gasteiger charge is -2.06. The summed E-state index contributed by atoms with van der Waals surface area (Å²) in [5.41, 5.74) is 2.41. The molecule has 1 N–H and O–H groups in total. The molecule has 2 aliphatic rings. The van der Waals surface area contributed by atoms with Crippen molar-refractivity contribution < 1.29 is 14.3 Å². The zero-order chi connectivity index (χ0) is 18.9. The summed E-state index contributed by atoms with van der Waals surface area (Å²) in [7, 11) is 0. The number of amides is 1. The third-order valence-corrected chi connectivity index (χ3v) is 4.60. The Morgan fingerprint density at radius 2 is 2.04 bits per heavy atom. The monoisotopic (exact) mass is 375 g/mol. The van der Waals surface area contributed by atoms with Crippen molar-refractivity contribution in [2.45, 2.75) is 18.9 Å². The van der Waals surface area contributed by atoms with Gasteiger partial charge in [0.05, 0.1) is 6.04 Å². The zero-order valence-electron chi connectivity index (χ0n) is 14.9. The highest BCUT2D eigenvalue weighted by Gasteiger charge is 2.28. The van der Waals surface area contributed by atoms with Crippen molar-refractivity contribution in [3.8, 4) is 22.9 Å². The smallest absolute Gasteiger partial charge is 0.248 e. The van der Waals surface area contributed by atoms with E-state index in [1.54, 1.807) is 6.08 Å². The third kappa shape index (κ3) is 3.32. The second-order valence-corrected chi connectivity index (χ2v) is 6.69. The molecule has 1 fully saturated rings. The van der Waals surface area contributed by atoms with Gasteiger partial charge in [0.1, 0.15) is 0 Å². The largest absolute Gasteiger partial charge is 0.454 e. The first kappa shape index (κ1) is 16.5. The van der Waals surface area contributed by atoms with Crippen LogP contribution in [-0.4, -0.2) is 32.9 Å².